The molecule has 0 aliphatic carbocycles. The number of hydrogen-bond acceptors (Lipinski definition) is 4. The number of nitrogens with one attached hydrogen (secondary N) is 1. The first kappa shape index (κ1) is 13.4. The predicted molar refractivity (Wildman–Crippen MR) is 75.3 cm³/mol. The first-order valence-electron chi connectivity index (χ1n) is 6.12. The molecule has 4 nitrogen and oxygen atoms in total. The van der Waals surface area contributed by atoms with E-state index in [1.165, 1.54) is 0 Å². The number of rotatable bonds is 5. The number of nitrogens with zero attached hydrogens (tertiary/aromatic N) is 1. The summed E-state index contributed by atoms with van der Waals surface area (Å²) in [5.74, 6) is 0.800. The molecule has 0 aliphatic heterocycles. The average Bonchev–Trinajstić information content (AvgIpc) is 2.49. The summed E-state index contributed by atoms with van der Waals surface area (Å²) in [6.07, 6.45) is 1.72. The zero-order valence-corrected chi connectivity index (χ0v) is 11.1. The van der Waals surface area contributed by atoms with Crippen LogP contribution in [0.4, 0.5) is 5.69 Å². The van der Waals surface area contributed by atoms with Crippen LogP contribution in [0, 0.1) is 0 Å². The highest BCUT2D eigenvalue weighted by molar-refractivity contribution is 5.49. The van der Waals surface area contributed by atoms with E-state index in [0.717, 1.165) is 17.1 Å². The lowest BCUT2D eigenvalue weighted by Crippen LogP contribution is -2.36. The van der Waals surface area contributed by atoms with Crippen LogP contribution in [0.5, 0.6) is 5.75 Å². The maximum atomic E-state index is 9.67. The highest BCUT2D eigenvalue weighted by Gasteiger charge is 2.26. The molecule has 2 aromatic rings. The van der Waals surface area contributed by atoms with Crippen LogP contribution in [-0.4, -0.2) is 23.8 Å². The molecule has 0 aliphatic rings. The monoisotopic (exact) mass is 258 g/mol. The number of benzene rings is 1. The van der Waals surface area contributed by atoms with Gasteiger partial charge in [-0.1, -0.05) is 6.07 Å². The van der Waals surface area contributed by atoms with Crippen molar-refractivity contribution in [3.8, 4) is 5.75 Å². The van der Waals surface area contributed by atoms with Crippen molar-refractivity contribution in [2.45, 2.75) is 12.5 Å². The smallest absolute Gasteiger partial charge is 0.119 e. The number of hydrogen-bond donors (Lipinski definition) is 2. The van der Waals surface area contributed by atoms with Crippen LogP contribution < -0.4 is 10.1 Å². The fourth-order valence-electron chi connectivity index (χ4n) is 1.87. The van der Waals surface area contributed by atoms with E-state index in [1.54, 1.807) is 13.3 Å². The lowest BCUT2D eigenvalue weighted by molar-refractivity contribution is 0.221. The van der Waals surface area contributed by atoms with Gasteiger partial charge >= 0.3 is 0 Å². The van der Waals surface area contributed by atoms with Crippen molar-refractivity contribution < 1.29 is 9.84 Å². The Bertz CT molecular complexity index is 513. The molecule has 100 valence electrons. The Morgan fingerprint density at radius 1 is 1.21 bits per heavy atom. The van der Waals surface area contributed by atoms with Gasteiger partial charge in [0.25, 0.3) is 0 Å². The molecule has 1 unspecified atom stereocenters. The summed E-state index contributed by atoms with van der Waals surface area (Å²) in [6.45, 7) is 1.87. The van der Waals surface area contributed by atoms with E-state index in [-0.39, 0.29) is 6.61 Å². The minimum atomic E-state index is -0.615. The summed E-state index contributed by atoms with van der Waals surface area (Å²) in [6, 6.07) is 13.2. The molecule has 0 saturated heterocycles. The molecule has 0 bridgehead atoms. The summed E-state index contributed by atoms with van der Waals surface area (Å²) in [5, 5.41) is 13.0. The Morgan fingerprint density at radius 3 is 2.47 bits per heavy atom. The van der Waals surface area contributed by atoms with Gasteiger partial charge in [0.05, 0.1) is 24.9 Å². The summed E-state index contributed by atoms with van der Waals surface area (Å²) < 4.78 is 5.12. The molecule has 0 fully saturated rings. The van der Waals surface area contributed by atoms with E-state index in [4.69, 9.17) is 4.74 Å². The van der Waals surface area contributed by atoms with Gasteiger partial charge in [0.2, 0.25) is 0 Å². The van der Waals surface area contributed by atoms with E-state index in [2.05, 4.69) is 10.3 Å². The fourth-order valence-corrected chi connectivity index (χ4v) is 1.87. The molecule has 2 rings (SSSR count). The second-order valence-corrected chi connectivity index (χ2v) is 4.56. The molecule has 1 atom stereocenters. The Morgan fingerprint density at radius 2 is 1.95 bits per heavy atom. The third-order valence-corrected chi connectivity index (χ3v) is 3.06. The van der Waals surface area contributed by atoms with Gasteiger partial charge in [-0.2, -0.15) is 0 Å². The fraction of sp³-hybridized carbons (Fsp3) is 0.267. The summed E-state index contributed by atoms with van der Waals surface area (Å²) in [4.78, 5) is 4.30. The molecule has 1 heterocycles. The van der Waals surface area contributed by atoms with Gasteiger partial charge in [0.1, 0.15) is 5.75 Å². The van der Waals surface area contributed by atoms with Crippen LogP contribution in [0.15, 0.2) is 48.7 Å². The molecule has 19 heavy (non-hydrogen) atoms. The molecule has 0 amide bonds. The maximum Gasteiger partial charge on any atom is 0.119 e. The number of aliphatic hydroxyl groups excluding tert-OH is 1. The molecular formula is C15H18N2O2. The van der Waals surface area contributed by atoms with Crippen LogP contribution in [0.3, 0.4) is 0 Å². The van der Waals surface area contributed by atoms with Crippen LogP contribution >= 0.6 is 0 Å². The van der Waals surface area contributed by atoms with Crippen molar-refractivity contribution in [1.29, 1.82) is 0 Å². The molecule has 0 spiro atoms. The normalized spacial score (nSPS) is 13.6. The summed E-state index contributed by atoms with van der Waals surface area (Å²) in [5.41, 5.74) is 1.09. The van der Waals surface area contributed by atoms with Gasteiger partial charge in [0.15, 0.2) is 0 Å². The Labute approximate surface area is 113 Å². The zero-order valence-electron chi connectivity index (χ0n) is 11.1. The Hall–Kier alpha value is -2.07. The Balaban J connectivity index is 2.22. The topological polar surface area (TPSA) is 54.4 Å². The van der Waals surface area contributed by atoms with Gasteiger partial charge in [-0.15, -0.1) is 0 Å². The van der Waals surface area contributed by atoms with Gasteiger partial charge in [-0.05, 0) is 43.3 Å². The lowest BCUT2D eigenvalue weighted by Gasteiger charge is -2.29. The number of aromatic nitrogens is 1. The number of ether oxygens (including phenoxy) is 1. The third kappa shape index (κ3) is 3.03. The SMILES string of the molecule is COc1ccc(NC(C)(CO)c2ccccn2)cc1. The zero-order chi connectivity index (χ0) is 13.7. The highest BCUT2D eigenvalue weighted by Crippen LogP contribution is 2.25. The van der Waals surface area contributed by atoms with E-state index in [0.29, 0.717) is 0 Å². The van der Waals surface area contributed by atoms with Gasteiger partial charge in [0, 0.05) is 11.9 Å². The number of methoxy groups -OCH3 is 1. The minimum Gasteiger partial charge on any atom is -0.497 e. The Kier molecular flexibility index (Phi) is 4.02. The van der Waals surface area contributed by atoms with Gasteiger partial charge in [-0.25, -0.2) is 0 Å². The van der Waals surface area contributed by atoms with Crippen molar-refractivity contribution in [3.05, 3.63) is 54.4 Å². The second-order valence-electron chi connectivity index (χ2n) is 4.56. The predicted octanol–water partition coefficient (Wildman–Crippen LogP) is 2.41. The first-order valence-corrected chi connectivity index (χ1v) is 6.12. The van der Waals surface area contributed by atoms with Crippen molar-refractivity contribution in [2.24, 2.45) is 0 Å². The van der Waals surface area contributed by atoms with Crippen LogP contribution in [0.25, 0.3) is 0 Å². The molecule has 1 aromatic heterocycles. The van der Waals surface area contributed by atoms with Crippen molar-refractivity contribution >= 4 is 5.69 Å². The molecule has 0 radical (unpaired) electrons. The van der Waals surface area contributed by atoms with E-state index in [9.17, 15) is 5.11 Å². The minimum absolute atomic E-state index is 0.0456. The number of anilines is 1. The molecule has 0 saturated carbocycles. The van der Waals surface area contributed by atoms with Crippen LogP contribution in [-0.2, 0) is 5.54 Å². The van der Waals surface area contributed by atoms with Crippen LogP contribution in [0.2, 0.25) is 0 Å². The maximum absolute atomic E-state index is 9.67. The highest BCUT2D eigenvalue weighted by atomic mass is 16.5. The largest absolute Gasteiger partial charge is 0.497 e. The van der Waals surface area contributed by atoms with E-state index < -0.39 is 5.54 Å². The van der Waals surface area contributed by atoms with Crippen molar-refractivity contribution in [3.63, 3.8) is 0 Å². The van der Waals surface area contributed by atoms with Gasteiger partial charge < -0.3 is 15.2 Å². The molecular weight excluding hydrogens is 240 g/mol. The van der Waals surface area contributed by atoms with Gasteiger partial charge in [-0.3, -0.25) is 4.98 Å². The summed E-state index contributed by atoms with van der Waals surface area (Å²) >= 11 is 0. The molecule has 4 heteroatoms. The number of aliphatic hydroxyl groups is 1. The van der Waals surface area contributed by atoms with Crippen molar-refractivity contribution in [2.75, 3.05) is 19.0 Å². The second kappa shape index (κ2) is 5.71. The average molecular weight is 258 g/mol. The first-order chi connectivity index (χ1) is 9.18. The standard InChI is InChI=1S/C15H18N2O2/c1-15(11-18,14-5-3-4-10-16-14)17-12-6-8-13(19-2)9-7-12/h3-10,17-18H,11H2,1-2H3. The van der Waals surface area contributed by atoms with Crippen LogP contribution in [0.1, 0.15) is 12.6 Å². The van der Waals surface area contributed by atoms with E-state index >= 15 is 0 Å². The summed E-state index contributed by atoms with van der Waals surface area (Å²) in [7, 11) is 1.63. The lowest BCUT2D eigenvalue weighted by atomic mass is 9.97. The molecule has 2 N–H and O–H groups in total. The number of pyridine rings is 1. The van der Waals surface area contributed by atoms with Crippen molar-refractivity contribution in [1.82, 2.24) is 4.98 Å². The third-order valence-electron chi connectivity index (χ3n) is 3.06. The van der Waals surface area contributed by atoms with E-state index in [1.807, 2.05) is 49.4 Å². The molecule has 1 aromatic carbocycles. The quantitative estimate of drug-likeness (QED) is 0.864.